The predicted octanol–water partition coefficient (Wildman–Crippen LogP) is 3.02. The fourth-order valence-electron chi connectivity index (χ4n) is 2.68. The molecular weight excluding hydrogens is 332 g/mol. The third kappa shape index (κ3) is 4.85. The number of aliphatic carboxylic acids is 1. The van der Waals surface area contributed by atoms with Gasteiger partial charge in [-0.2, -0.15) is 0 Å². The first-order chi connectivity index (χ1) is 11.2. The van der Waals surface area contributed by atoms with Crippen molar-refractivity contribution in [2.45, 2.75) is 32.4 Å². The first-order valence-electron chi connectivity index (χ1n) is 7.87. The summed E-state index contributed by atoms with van der Waals surface area (Å²) >= 11 is 5.98. The summed E-state index contributed by atoms with van der Waals surface area (Å²) in [4.78, 5) is 27.3. The van der Waals surface area contributed by atoms with Gasteiger partial charge in [-0.15, -0.1) is 0 Å². The van der Waals surface area contributed by atoms with Crippen molar-refractivity contribution in [1.29, 1.82) is 0 Å². The predicted molar refractivity (Wildman–Crippen MR) is 91.2 cm³/mol. The van der Waals surface area contributed by atoms with Crippen molar-refractivity contribution < 1.29 is 19.4 Å². The standard InChI is InChI=1S/C17H23ClN2O4/c1-17(2,3)24-16(23)20-9-7-19(8-10-20)14(15(21)22)12-5-4-6-13(18)11-12/h4-6,11,14H,7-10H2,1-3H3,(H,21,22). The number of ether oxygens (including phenoxy) is 1. The van der Waals surface area contributed by atoms with Gasteiger partial charge < -0.3 is 14.7 Å². The molecule has 1 atom stereocenters. The number of amides is 1. The number of halogens is 1. The van der Waals surface area contributed by atoms with Gasteiger partial charge >= 0.3 is 12.1 Å². The van der Waals surface area contributed by atoms with E-state index in [4.69, 9.17) is 16.3 Å². The van der Waals surface area contributed by atoms with Crippen molar-refractivity contribution in [2.24, 2.45) is 0 Å². The Bertz CT molecular complexity index is 607. The molecule has 1 unspecified atom stereocenters. The quantitative estimate of drug-likeness (QED) is 0.903. The van der Waals surface area contributed by atoms with Crippen LogP contribution in [0.2, 0.25) is 5.02 Å². The van der Waals surface area contributed by atoms with Gasteiger partial charge in [0.05, 0.1) is 0 Å². The molecule has 1 aromatic rings. The second-order valence-electron chi connectivity index (χ2n) is 6.80. The highest BCUT2D eigenvalue weighted by Gasteiger charge is 2.32. The fourth-order valence-corrected chi connectivity index (χ4v) is 2.87. The number of carboxylic acid groups (broad SMARTS) is 1. The summed E-state index contributed by atoms with van der Waals surface area (Å²) in [6, 6.07) is 6.10. The van der Waals surface area contributed by atoms with E-state index in [1.165, 1.54) is 0 Å². The Hall–Kier alpha value is -1.79. The summed E-state index contributed by atoms with van der Waals surface area (Å²) in [6.07, 6.45) is -0.364. The molecule has 0 saturated carbocycles. The van der Waals surface area contributed by atoms with Gasteiger partial charge in [-0.1, -0.05) is 23.7 Å². The Kier molecular flexibility index (Phi) is 5.72. The molecule has 1 aliphatic heterocycles. The highest BCUT2D eigenvalue weighted by Crippen LogP contribution is 2.25. The van der Waals surface area contributed by atoms with E-state index in [0.717, 1.165) is 0 Å². The van der Waals surface area contributed by atoms with Gasteiger partial charge in [-0.25, -0.2) is 4.79 Å². The van der Waals surface area contributed by atoms with E-state index in [1.807, 2.05) is 25.7 Å². The largest absolute Gasteiger partial charge is 0.480 e. The van der Waals surface area contributed by atoms with E-state index < -0.39 is 17.6 Å². The molecule has 0 radical (unpaired) electrons. The van der Waals surface area contributed by atoms with Gasteiger partial charge in [-0.05, 0) is 38.5 Å². The van der Waals surface area contributed by atoms with E-state index in [2.05, 4.69) is 0 Å². The third-order valence-electron chi connectivity index (χ3n) is 3.73. The van der Waals surface area contributed by atoms with E-state index in [1.54, 1.807) is 29.2 Å². The second-order valence-corrected chi connectivity index (χ2v) is 7.24. The lowest BCUT2D eigenvalue weighted by atomic mass is 10.0. The first-order valence-corrected chi connectivity index (χ1v) is 8.25. The molecule has 6 nitrogen and oxygen atoms in total. The number of rotatable bonds is 3. The van der Waals surface area contributed by atoms with Crippen LogP contribution in [0.25, 0.3) is 0 Å². The summed E-state index contributed by atoms with van der Waals surface area (Å²) in [5, 5.41) is 10.1. The number of piperazine rings is 1. The second kappa shape index (κ2) is 7.40. The van der Waals surface area contributed by atoms with Gasteiger partial charge in [0.25, 0.3) is 0 Å². The molecule has 1 N–H and O–H groups in total. The molecule has 1 saturated heterocycles. The summed E-state index contributed by atoms with van der Waals surface area (Å²) in [7, 11) is 0. The molecule has 132 valence electrons. The lowest BCUT2D eigenvalue weighted by Crippen LogP contribution is -2.51. The van der Waals surface area contributed by atoms with Crippen LogP contribution in [0.3, 0.4) is 0 Å². The van der Waals surface area contributed by atoms with Crippen molar-refractivity contribution in [3.63, 3.8) is 0 Å². The zero-order valence-electron chi connectivity index (χ0n) is 14.2. The summed E-state index contributed by atoms with van der Waals surface area (Å²) < 4.78 is 5.36. The summed E-state index contributed by atoms with van der Waals surface area (Å²) in [5.74, 6) is -0.928. The normalized spacial score (nSPS) is 17.4. The summed E-state index contributed by atoms with van der Waals surface area (Å²) in [6.45, 7) is 7.24. The van der Waals surface area contributed by atoms with Crippen LogP contribution < -0.4 is 0 Å². The Morgan fingerprint density at radius 2 is 1.83 bits per heavy atom. The van der Waals surface area contributed by atoms with Crippen molar-refractivity contribution in [3.8, 4) is 0 Å². The van der Waals surface area contributed by atoms with Crippen molar-refractivity contribution >= 4 is 23.7 Å². The Morgan fingerprint density at radius 1 is 1.21 bits per heavy atom. The average Bonchev–Trinajstić information content (AvgIpc) is 2.46. The summed E-state index contributed by atoms with van der Waals surface area (Å²) in [5.41, 5.74) is 0.0965. The lowest BCUT2D eigenvalue weighted by Gasteiger charge is -2.38. The van der Waals surface area contributed by atoms with Gasteiger partial charge in [0.15, 0.2) is 0 Å². The van der Waals surface area contributed by atoms with Crippen LogP contribution in [-0.4, -0.2) is 58.7 Å². The van der Waals surface area contributed by atoms with Gasteiger partial charge in [0.2, 0.25) is 0 Å². The van der Waals surface area contributed by atoms with Gasteiger partial charge in [0.1, 0.15) is 11.6 Å². The maximum Gasteiger partial charge on any atom is 0.410 e. The SMILES string of the molecule is CC(C)(C)OC(=O)N1CCN(C(C(=O)O)c2cccc(Cl)c2)CC1. The molecule has 2 rings (SSSR count). The molecule has 1 amide bonds. The van der Waals surface area contributed by atoms with E-state index in [9.17, 15) is 14.7 Å². The molecule has 1 aliphatic rings. The molecule has 0 bridgehead atoms. The Balaban J connectivity index is 2.04. The number of nitrogens with zero attached hydrogens (tertiary/aromatic N) is 2. The van der Waals surface area contributed by atoms with Crippen LogP contribution >= 0.6 is 11.6 Å². The molecule has 1 fully saturated rings. The number of carboxylic acids is 1. The molecule has 0 aliphatic carbocycles. The monoisotopic (exact) mass is 354 g/mol. The zero-order chi connectivity index (χ0) is 17.9. The molecule has 1 heterocycles. The molecule has 24 heavy (non-hydrogen) atoms. The zero-order valence-corrected chi connectivity index (χ0v) is 14.9. The van der Waals surface area contributed by atoms with Gasteiger partial charge in [-0.3, -0.25) is 9.69 Å². The number of carbonyl (C=O) groups excluding carboxylic acids is 1. The maximum absolute atomic E-state index is 12.1. The van der Waals surface area contributed by atoms with Gasteiger partial charge in [0, 0.05) is 31.2 Å². The Morgan fingerprint density at radius 3 is 2.33 bits per heavy atom. The van der Waals surface area contributed by atoms with E-state index >= 15 is 0 Å². The average molecular weight is 355 g/mol. The smallest absolute Gasteiger partial charge is 0.410 e. The van der Waals surface area contributed by atoms with E-state index in [-0.39, 0.29) is 6.09 Å². The minimum absolute atomic E-state index is 0.364. The molecule has 0 aromatic heterocycles. The highest BCUT2D eigenvalue weighted by atomic mass is 35.5. The van der Waals surface area contributed by atoms with Crippen LogP contribution in [0.1, 0.15) is 32.4 Å². The van der Waals surface area contributed by atoms with Crippen molar-refractivity contribution in [2.75, 3.05) is 26.2 Å². The highest BCUT2D eigenvalue weighted by molar-refractivity contribution is 6.30. The van der Waals surface area contributed by atoms with Crippen LogP contribution in [-0.2, 0) is 9.53 Å². The molecule has 1 aromatic carbocycles. The Labute approximate surface area is 146 Å². The van der Waals surface area contributed by atoms with Crippen LogP contribution in [0, 0.1) is 0 Å². The fraction of sp³-hybridized carbons (Fsp3) is 0.529. The lowest BCUT2D eigenvalue weighted by molar-refractivity contribution is -0.144. The molecular formula is C17H23ClN2O4. The van der Waals surface area contributed by atoms with Crippen molar-refractivity contribution in [3.05, 3.63) is 34.9 Å². The number of hydrogen-bond donors (Lipinski definition) is 1. The number of benzene rings is 1. The van der Waals surface area contributed by atoms with Crippen LogP contribution in [0.4, 0.5) is 4.79 Å². The van der Waals surface area contributed by atoms with E-state index in [0.29, 0.717) is 36.8 Å². The third-order valence-corrected chi connectivity index (χ3v) is 3.96. The number of carbonyl (C=O) groups is 2. The minimum Gasteiger partial charge on any atom is -0.480 e. The maximum atomic E-state index is 12.1. The minimum atomic E-state index is -0.928. The van der Waals surface area contributed by atoms with Crippen LogP contribution in [0.5, 0.6) is 0 Å². The topological polar surface area (TPSA) is 70.1 Å². The van der Waals surface area contributed by atoms with Crippen molar-refractivity contribution in [1.82, 2.24) is 9.80 Å². The molecule has 0 spiro atoms. The molecule has 7 heteroatoms. The first kappa shape index (κ1) is 18.5. The van der Waals surface area contributed by atoms with Crippen LogP contribution in [0.15, 0.2) is 24.3 Å². The number of hydrogen-bond acceptors (Lipinski definition) is 4.